The smallest absolute Gasteiger partial charge is 0.410 e. The van der Waals surface area contributed by atoms with Crippen molar-refractivity contribution in [2.24, 2.45) is 10.9 Å². The second-order valence-electron chi connectivity index (χ2n) is 15.5. The average molecular weight is 687 g/mol. The number of ether oxygens (including phenoxy) is 2. The van der Waals surface area contributed by atoms with Gasteiger partial charge in [-0.25, -0.2) is 9.78 Å². The number of nitrogens with zero attached hydrogens (tertiary/aromatic N) is 6. The summed E-state index contributed by atoms with van der Waals surface area (Å²) in [4.78, 5) is 57.5. The largest absolute Gasteiger partial charge is 0.476 e. The van der Waals surface area contributed by atoms with Crippen molar-refractivity contribution < 1.29 is 23.9 Å². The molecule has 3 fully saturated rings. The van der Waals surface area contributed by atoms with Gasteiger partial charge in [0.25, 0.3) is 5.91 Å². The van der Waals surface area contributed by atoms with E-state index in [-0.39, 0.29) is 35.9 Å². The van der Waals surface area contributed by atoms with Crippen molar-refractivity contribution in [3.8, 4) is 5.88 Å². The van der Waals surface area contributed by atoms with Crippen molar-refractivity contribution in [1.82, 2.24) is 19.7 Å². The number of rotatable bonds is 7. The van der Waals surface area contributed by atoms with Gasteiger partial charge in [0.05, 0.1) is 5.69 Å². The van der Waals surface area contributed by atoms with Gasteiger partial charge in [-0.2, -0.15) is 4.99 Å². The Morgan fingerprint density at radius 1 is 0.960 bits per heavy atom. The number of hydrogen-bond donors (Lipinski definition) is 0. The number of carbonyl (C=O) groups excluding carboxylic acids is 3. The van der Waals surface area contributed by atoms with E-state index in [1.807, 2.05) is 76.0 Å². The van der Waals surface area contributed by atoms with Gasteiger partial charge in [0, 0.05) is 74.0 Å². The molecule has 1 aromatic heterocycles. The van der Waals surface area contributed by atoms with E-state index in [1.54, 1.807) is 4.90 Å². The van der Waals surface area contributed by atoms with Crippen molar-refractivity contribution in [3.63, 3.8) is 0 Å². The number of aromatic nitrogens is 1. The number of amidine groups is 1. The first kappa shape index (κ1) is 35.8. The van der Waals surface area contributed by atoms with E-state index >= 15 is 0 Å². The summed E-state index contributed by atoms with van der Waals surface area (Å²) in [5, 5.41) is 0. The lowest BCUT2D eigenvalue weighted by atomic mass is 9.84. The highest BCUT2D eigenvalue weighted by Crippen LogP contribution is 2.39. The molecule has 2 aromatic rings. The number of pyridine rings is 1. The standard InChI is InChI=1S/C39H54N6O5/c1-27-9-11-29(12-10-27)36(46)41-34-23-31-25-40-35(49-22-21-42-17-7-6-8-18-42)24-33(31)45(34)32-15-13-30(14-16-32)37(47)44-20-19-43(26-28(44)2)38(48)50-39(3,4)5/h9-12,24-25,28,30,32H,6-8,13-23,26H2,1-5H3/t28-,30?,32?/m1/s1. The maximum atomic E-state index is 13.8. The first-order valence-corrected chi connectivity index (χ1v) is 18.6. The van der Waals surface area contributed by atoms with Crippen molar-refractivity contribution in [3.05, 3.63) is 53.2 Å². The molecular weight excluding hydrogens is 632 g/mol. The number of piperazine rings is 1. The molecule has 3 amide bonds. The molecule has 1 aromatic carbocycles. The van der Waals surface area contributed by atoms with Crippen molar-refractivity contribution in [2.45, 2.75) is 104 Å². The minimum absolute atomic E-state index is 0.0791. The van der Waals surface area contributed by atoms with Gasteiger partial charge in [-0.15, -0.1) is 0 Å². The Labute approximate surface area is 297 Å². The van der Waals surface area contributed by atoms with Crippen LogP contribution in [0.5, 0.6) is 5.88 Å². The molecule has 1 atom stereocenters. The fourth-order valence-electron chi connectivity index (χ4n) is 7.72. The summed E-state index contributed by atoms with van der Waals surface area (Å²) in [5.41, 5.74) is 3.12. The molecule has 50 heavy (non-hydrogen) atoms. The predicted octanol–water partition coefficient (Wildman–Crippen LogP) is 5.88. The zero-order valence-electron chi connectivity index (χ0n) is 30.5. The average Bonchev–Trinajstić information content (AvgIpc) is 3.45. The minimum atomic E-state index is -0.557. The maximum Gasteiger partial charge on any atom is 0.410 e. The van der Waals surface area contributed by atoms with Gasteiger partial charge in [-0.1, -0.05) is 24.1 Å². The molecule has 0 N–H and O–H groups in total. The van der Waals surface area contributed by atoms with Crippen LogP contribution in [0.4, 0.5) is 10.5 Å². The second kappa shape index (κ2) is 15.5. The van der Waals surface area contributed by atoms with Crippen LogP contribution in [0.15, 0.2) is 41.5 Å². The summed E-state index contributed by atoms with van der Waals surface area (Å²) in [6.07, 6.45) is 8.94. The van der Waals surface area contributed by atoms with Crippen LogP contribution in [-0.4, -0.2) is 107 Å². The van der Waals surface area contributed by atoms with Gasteiger partial charge in [0.2, 0.25) is 11.8 Å². The van der Waals surface area contributed by atoms with Gasteiger partial charge in [-0.3, -0.25) is 14.5 Å². The third-order valence-corrected chi connectivity index (χ3v) is 10.4. The van der Waals surface area contributed by atoms with Gasteiger partial charge in [-0.05, 0) is 98.4 Å². The van der Waals surface area contributed by atoms with Crippen molar-refractivity contribution in [1.29, 1.82) is 0 Å². The number of hydrogen-bond acceptors (Lipinski definition) is 7. The quantitative estimate of drug-likeness (QED) is 0.356. The normalized spacial score (nSPS) is 23.9. The highest BCUT2D eigenvalue weighted by atomic mass is 16.6. The summed E-state index contributed by atoms with van der Waals surface area (Å²) in [6, 6.07) is 9.54. The summed E-state index contributed by atoms with van der Waals surface area (Å²) in [5.74, 6) is 1.13. The van der Waals surface area contributed by atoms with Crippen LogP contribution in [0.1, 0.15) is 94.1 Å². The number of fused-ring (bicyclic) bond motifs is 1. The van der Waals surface area contributed by atoms with E-state index < -0.39 is 5.60 Å². The number of piperidine rings is 1. The number of amides is 3. The maximum absolute atomic E-state index is 13.8. The van der Waals surface area contributed by atoms with E-state index in [0.717, 1.165) is 68.0 Å². The van der Waals surface area contributed by atoms with Crippen LogP contribution in [0.25, 0.3) is 0 Å². The van der Waals surface area contributed by atoms with Crippen molar-refractivity contribution >= 4 is 29.4 Å². The number of likely N-dealkylation sites (tertiary alicyclic amines) is 1. The van der Waals surface area contributed by atoms with Crippen molar-refractivity contribution in [2.75, 3.05) is 50.8 Å². The van der Waals surface area contributed by atoms with Crippen LogP contribution in [0.3, 0.4) is 0 Å². The van der Waals surface area contributed by atoms with Gasteiger partial charge < -0.3 is 24.2 Å². The third kappa shape index (κ3) is 8.65. The van der Waals surface area contributed by atoms with Gasteiger partial charge in [0.15, 0.2) is 0 Å². The van der Waals surface area contributed by atoms with E-state index in [4.69, 9.17) is 14.5 Å². The minimum Gasteiger partial charge on any atom is -0.476 e. The Bertz CT molecular complexity index is 1560. The molecule has 4 heterocycles. The molecule has 0 bridgehead atoms. The molecule has 6 rings (SSSR count). The van der Waals surface area contributed by atoms with E-state index in [0.29, 0.717) is 44.1 Å². The Morgan fingerprint density at radius 2 is 1.68 bits per heavy atom. The zero-order valence-corrected chi connectivity index (χ0v) is 30.5. The molecule has 4 aliphatic rings. The van der Waals surface area contributed by atoms with E-state index in [2.05, 4.69) is 14.8 Å². The second-order valence-corrected chi connectivity index (χ2v) is 15.5. The molecule has 1 saturated carbocycles. The lowest BCUT2D eigenvalue weighted by molar-refractivity contribution is -0.141. The fraction of sp³-hybridized carbons (Fsp3) is 0.615. The fourth-order valence-corrected chi connectivity index (χ4v) is 7.72. The van der Waals surface area contributed by atoms with Gasteiger partial charge in [0.1, 0.15) is 18.0 Å². The zero-order chi connectivity index (χ0) is 35.4. The summed E-state index contributed by atoms with van der Waals surface area (Å²) in [7, 11) is 0. The molecule has 1 aliphatic carbocycles. The number of carbonyl (C=O) groups is 3. The molecule has 3 aliphatic heterocycles. The van der Waals surface area contributed by atoms with Crippen LogP contribution in [0, 0.1) is 12.8 Å². The van der Waals surface area contributed by atoms with Gasteiger partial charge >= 0.3 is 6.09 Å². The summed E-state index contributed by atoms with van der Waals surface area (Å²) in [6.45, 7) is 14.7. The molecule has 270 valence electrons. The highest BCUT2D eigenvalue weighted by Gasteiger charge is 2.40. The lowest BCUT2D eigenvalue weighted by Gasteiger charge is -2.43. The predicted molar refractivity (Wildman–Crippen MR) is 194 cm³/mol. The first-order chi connectivity index (χ1) is 23.9. The van der Waals surface area contributed by atoms with Crippen LogP contribution < -0.4 is 9.64 Å². The third-order valence-electron chi connectivity index (χ3n) is 10.4. The SMILES string of the molecule is Cc1ccc(C(=O)N=C2Cc3cnc(OCCN4CCCCC4)cc3N2C2CCC(C(=O)N3CCN(C(=O)OC(C)(C)C)C[C@H]3C)CC2)cc1. The van der Waals surface area contributed by atoms with E-state index in [1.165, 1.54) is 19.3 Å². The molecule has 2 saturated heterocycles. The molecule has 11 nitrogen and oxygen atoms in total. The molecule has 11 heteroatoms. The van der Waals surface area contributed by atoms with E-state index in [9.17, 15) is 14.4 Å². The molecule has 0 radical (unpaired) electrons. The van der Waals surface area contributed by atoms with Crippen LogP contribution in [-0.2, 0) is 16.0 Å². The van der Waals surface area contributed by atoms with Crippen LogP contribution in [0.2, 0.25) is 0 Å². The summed E-state index contributed by atoms with van der Waals surface area (Å²) < 4.78 is 11.7. The molecule has 0 unspecified atom stereocenters. The number of aryl methyl sites for hydroxylation is 1. The summed E-state index contributed by atoms with van der Waals surface area (Å²) >= 11 is 0. The molecular formula is C39H54N6O5. The Kier molecular flexibility index (Phi) is 11.1. The Morgan fingerprint density at radius 3 is 2.36 bits per heavy atom. The Hall–Kier alpha value is -3.99. The first-order valence-electron chi connectivity index (χ1n) is 18.6. The number of anilines is 1. The monoisotopic (exact) mass is 686 g/mol. The topological polar surface area (TPSA) is 108 Å². The van der Waals surface area contributed by atoms with Crippen LogP contribution >= 0.6 is 0 Å². The number of benzene rings is 1. The highest BCUT2D eigenvalue weighted by molar-refractivity contribution is 6.12. The lowest BCUT2D eigenvalue weighted by Crippen LogP contribution is -2.57. The number of aliphatic imine (C=N–C) groups is 1. The molecule has 0 spiro atoms. The Balaban J connectivity index is 1.13.